The lowest BCUT2D eigenvalue weighted by atomic mass is 9.88. The van der Waals surface area contributed by atoms with Crippen LogP contribution in [0.5, 0.6) is 0 Å². The number of hydrogen-bond donors (Lipinski definition) is 3. The predicted molar refractivity (Wildman–Crippen MR) is 78.0 cm³/mol. The van der Waals surface area contributed by atoms with Gasteiger partial charge in [-0.1, -0.05) is 6.92 Å². The zero-order chi connectivity index (χ0) is 15.4. The van der Waals surface area contributed by atoms with Crippen molar-refractivity contribution in [3.05, 3.63) is 21.4 Å². The number of aliphatic carboxylic acids is 1. The summed E-state index contributed by atoms with van der Waals surface area (Å²) in [6.07, 6.45) is 2.53. The molecule has 0 saturated heterocycles. The van der Waals surface area contributed by atoms with E-state index in [4.69, 9.17) is 5.11 Å². The summed E-state index contributed by atoms with van der Waals surface area (Å²) in [7, 11) is 0. The normalized spacial score (nSPS) is 16.9. The van der Waals surface area contributed by atoms with E-state index in [9.17, 15) is 14.4 Å². The van der Waals surface area contributed by atoms with Gasteiger partial charge in [-0.15, -0.1) is 11.3 Å². The topological polar surface area (TPSA) is 95.5 Å². The second-order valence-electron chi connectivity index (χ2n) is 5.30. The van der Waals surface area contributed by atoms with Gasteiger partial charge in [0.05, 0.1) is 12.0 Å². The van der Waals surface area contributed by atoms with E-state index in [1.807, 2.05) is 5.38 Å². The Morgan fingerprint density at radius 3 is 2.81 bits per heavy atom. The minimum atomic E-state index is -1.04. The first-order chi connectivity index (χ1) is 9.97. The Bertz CT molecular complexity index is 567. The van der Waals surface area contributed by atoms with Gasteiger partial charge in [-0.3, -0.25) is 25.2 Å². The molecule has 0 fully saturated rings. The van der Waals surface area contributed by atoms with Crippen molar-refractivity contribution in [2.45, 2.75) is 39.0 Å². The molecule has 114 valence electrons. The molecule has 1 atom stereocenters. The highest BCUT2D eigenvalue weighted by atomic mass is 32.1. The molecule has 1 aliphatic rings. The molecule has 0 radical (unpaired) electrons. The molecule has 3 N–H and O–H groups in total. The molecule has 6 nitrogen and oxygen atoms in total. The molecule has 0 bridgehead atoms. The van der Waals surface area contributed by atoms with Crippen molar-refractivity contribution >= 4 is 29.1 Å². The van der Waals surface area contributed by atoms with Crippen molar-refractivity contribution in [2.75, 3.05) is 0 Å². The van der Waals surface area contributed by atoms with Crippen molar-refractivity contribution in [3.8, 4) is 0 Å². The number of hydrogen-bond acceptors (Lipinski definition) is 4. The first-order valence-electron chi connectivity index (χ1n) is 6.87. The van der Waals surface area contributed by atoms with Gasteiger partial charge in [0, 0.05) is 16.7 Å². The Balaban J connectivity index is 1.90. The Labute approximate surface area is 126 Å². The van der Waals surface area contributed by atoms with Crippen LogP contribution in [0.1, 0.15) is 47.0 Å². The fraction of sp³-hybridized carbons (Fsp3) is 0.500. The van der Waals surface area contributed by atoms with Crippen LogP contribution in [0.15, 0.2) is 5.38 Å². The van der Waals surface area contributed by atoms with E-state index in [1.54, 1.807) is 11.3 Å². The van der Waals surface area contributed by atoms with E-state index in [0.717, 1.165) is 24.8 Å². The maximum atomic E-state index is 12.1. The Morgan fingerprint density at radius 1 is 1.33 bits per heavy atom. The fourth-order valence-corrected chi connectivity index (χ4v) is 3.59. The van der Waals surface area contributed by atoms with E-state index >= 15 is 0 Å². The number of carboxylic acid groups (broad SMARTS) is 1. The number of amides is 2. The van der Waals surface area contributed by atoms with Gasteiger partial charge < -0.3 is 5.11 Å². The number of carboxylic acids is 1. The lowest BCUT2D eigenvalue weighted by Crippen LogP contribution is -2.42. The highest BCUT2D eigenvalue weighted by molar-refractivity contribution is 7.10. The molecule has 21 heavy (non-hydrogen) atoms. The Morgan fingerprint density at radius 2 is 2.10 bits per heavy atom. The van der Waals surface area contributed by atoms with Crippen LogP contribution in [-0.4, -0.2) is 22.9 Å². The second kappa shape index (κ2) is 6.71. The molecule has 2 rings (SSSR count). The van der Waals surface area contributed by atoms with Crippen LogP contribution in [0, 0.1) is 5.92 Å². The smallest absolute Gasteiger partial charge is 0.303 e. The van der Waals surface area contributed by atoms with Gasteiger partial charge in [-0.25, -0.2) is 0 Å². The van der Waals surface area contributed by atoms with Gasteiger partial charge in [-0.05, 0) is 30.7 Å². The molecule has 0 aliphatic heterocycles. The number of carbonyl (C=O) groups is 3. The summed E-state index contributed by atoms with van der Waals surface area (Å²) in [5.74, 6) is -1.26. The van der Waals surface area contributed by atoms with Crippen LogP contribution in [-0.2, 0) is 22.4 Å². The summed E-state index contributed by atoms with van der Waals surface area (Å²) in [5.41, 5.74) is 6.28. The van der Waals surface area contributed by atoms with Gasteiger partial charge in [0.15, 0.2) is 0 Å². The van der Waals surface area contributed by atoms with Crippen LogP contribution >= 0.6 is 11.3 Å². The maximum Gasteiger partial charge on any atom is 0.303 e. The number of fused-ring (bicyclic) bond motifs is 1. The summed E-state index contributed by atoms with van der Waals surface area (Å²) in [5, 5.41) is 10.3. The van der Waals surface area contributed by atoms with Crippen molar-refractivity contribution < 1.29 is 19.5 Å². The average Bonchev–Trinajstić information content (AvgIpc) is 2.85. The highest BCUT2D eigenvalue weighted by Crippen LogP contribution is 2.32. The van der Waals surface area contributed by atoms with E-state index in [-0.39, 0.29) is 18.7 Å². The third kappa shape index (κ3) is 4.04. The van der Waals surface area contributed by atoms with Crippen molar-refractivity contribution in [3.63, 3.8) is 0 Å². The van der Waals surface area contributed by atoms with Crippen LogP contribution < -0.4 is 10.9 Å². The lowest BCUT2D eigenvalue weighted by Gasteiger charge is -2.18. The van der Waals surface area contributed by atoms with E-state index < -0.39 is 11.9 Å². The molecular weight excluding hydrogens is 292 g/mol. The summed E-state index contributed by atoms with van der Waals surface area (Å²) in [4.78, 5) is 35.0. The Kier molecular flexibility index (Phi) is 4.95. The standard InChI is InChI=1S/C14H18N2O4S/c1-8-2-3-9-10(7-21-11(9)6-8)14(20)16-15-12(17)4-5-13(18)19/h7-8H,2-6H2,1H3,(H,15,17)(H,16,20)(H,18,19)/t8-/m0/s1. The van der Waals surface area contributed by atoms with E-state index in [2.05, 4.69) is 17.8 Å². The molecule has 1 aliphatic carbocycles. The molecular formula is C14H18N2O4S. The van der Waals surface area contributed by atoms with Gasteiger partial charge in [0.25, 0.3) is 5.91 Å². The fourth-order valence-electron chi connectivity index (χ4n) is 2.34. The summed E-state index contributed by atoms with van der Waals surface area (Å²) < 4.78 is 0. The molecule has 0 saturated carbocycles. The minimum Gasteiger partial charge on any atom is -0.481 e. The molecule has 0 spiro atoms. The lowest BCUT2D eigenvalue weighted by molar-refractivity contribution is -0.138. The quantitative estimate of drug-likeness (QED) is 0.734. The van der Waals surface area contributed by atoms with Crippen LogP contribution in [0.2, 0.25) is 0 Å². The predicted octanol–water partition coefficient (Wildman–Crippen LogP) is 1.50. The molecule has 0 unspecified atom stereocenters. The molecule has 7 heteroatoms. The summed E-state index contributed by atoms with van der Waals surface area (Å²) in [6, 6.07) is 0. The first-order valence-corrected chi connectivity index (χ1v) is 7.75. The molecule has 1 heterocycles. The highest BCUT2D eigenvalue weighted by Gasteiger charge is 2.23. The first kappa shape index (κ1) is 15.5. The van der Waals surface area contributed by atoms with Crippen molar-refractivity contribution in [2.24, 2.45) is 5.92 Å². The zero-order valence-electron chi connectivity index (χ0n) is 11.8. The van der Waals surface area contributed by atoms with E-state index in [0.29, 0.717) is 11.5 Å². The van der Waals surface area contributed by atoms with Crippen molar-refractivity contribution in [1.29, 1.82) is 0 Å². The number of nitrogens with one attached hydrogen (secondary N) is 2. The number of thiophene rings is 1. The third-order valence-corrected chi connectivity index (χ3v) is 4.58. The van der Waals surface area contributed by atoms with Gasteiger partial charge in [0.2, 0.25) is 5.91 Å². The molecule has 1 aromatic rings. The molecule has 1 aromatic heterocycles. The van der Waals surface area contributed by atoms with Crippen LogP contribution in [0.25, 0.3) is 0 Å². The third-order valence-electron chi connectivity index (χ3n) is 3.53. The van der Waals surface area contributed by atoms with Crippen LogP contribution in [0.4, 0.5) is 0 Å². The van der Waals surface area contributed by atoms with Gasteiger partial charge in [-0.2, -0.15) is 0 Å². The average molecular weight is 310 g/mol. The molecule has 0 aromatic carbocycles. The largest absolute Gasteiger partial charge is 0.481 e. The SMILES string of the molecule is C[C@H]1CCc2c(C(=O)NNC(=O)CCC(=O)O)csc2C1. The summed E-state index contributed by atoms with van der Waals surface area (Å²) >= 11 is 1.58. The number of rotatable bonds is 4. The zero-order valence-corrected chi connectivity index (χ0v) is 12.6. The monoisotopic (exact) mass is 310 g/mol. The second-order valence-corrected chi connectivity index (χ2v) is 6.26. The minimum absolute atomic E-state index is 0.158. The van der Waals surface area contributed by atoms with Crippen LogP contribution in [0.3, 0.4) is 0 Å². The summed E-state index contributed by atoms with van der Waals surface area (Å²) in [6.45, 7) is 2.20. The Hall–Kier alpha value is -1.89. The van der Waals surface area contributed by atoms with Gasteiger partial charge >= 0.3 is 5.97 Å². The van der Waals surface area contributed by atoms with Gasteiger partial charge in [0.1, 0.15) is 0 Å². The molecule has 2 amide bonds. The number of carbonyl (C=O) groups excluding carboxylic acids is 2. The maximum absolute atomic E-state index is 12.1. The van der Waals surface area contributed by atoms with Crippen molar-refractivity contribution in [1.82, 2.24) is 10.9 Å². The van der Waals surface area contributed by atoms with E-state index in [1.165, 1.54) is 4.88 Å². The number of hydrazine groups is 1.